The molecule has 2 unspecified atom stereocenters. The van der Waals surface area contributed by atoms with Crippen molar-refractivity contribution in [2.75, 3.05) is 0 Å². The molecule has 12 heteroatoms. The summed E-state index contributed by atoms with van der Waals surface area (Å²) in [6, 6.07) is 10.0. The zero-order chi connectivity index (χ0) is 22.8. The van der Waals surface area contributed by atoms with Crippen LogP contribution in [0.15, 0.2) is 47.5 Å². The molecule has 0 radical (unpaired) electrons. The molecule has 0 saturated carbocycles. The lowest BCUT2D eigenvalue weighted by Gasteiger charge is -2.10. The monoisotopic (exact) mass is 492 g/mol. The third-order valence-electron chi connectivity index (χ3n) is 4.26. The van der Waals surface area contributed by atoms with Crippen LogP contribution in [0.3, 0.4) is 0 Å². The molecule has 1 N–H and O–H groups in total. The number of aromatic nitrogens is 1. The van der Waals surface area contributed by atoms with Crippen LogP contribution in [0.2, 0.25) is 5.02 Å². The van der Waals surface area contributed by atoms with E-state index in [1.54, 1.807) is 29.7 Å². The number of ether oxygens (including phenoxy) is 1. The lowest BCUT2D eigenvalue weighted by Crippen LogP contribution is -2.21. The Morgan fingerprint density at radius 1 is 1.32 bits per heavy atom. The van der Waals surface area contributed by atoms with Crippen LogP contribution in [0.4, 0.5) is 13.2 Å². The van der Waals surface area contributed by atoms with Gasteiger partial charge in [0.2, 0.25) is 0 Å². The number of aryl methyl sites for hydroxylation is 1. The quantitative estimate of drug-likeness (QED) is 0.491. The molecule has 0 bridgehead atoms. The minimum Gasteiger partial charge on any atom is -0.406 e. The van der Waals surface area contributed by atoms with Crippen LogP contribution in [0.25, 0.3) is 10.2 Å². The number of hydrogen-bond acceptors (Lipinski definition) is 4. The van der Waals surface area contributed by atoms with E-state index >= 15 is 0 Å². The Morgan fingerprint density at radius 3 is 2.71 bits per heavy atom. The first-order valence-electron chi connectivity index (χ1n) is 8.87. The Kier molecular flexibility index (Phi) is 7.20. The highest BCUT2D eigenvalue weighted by atomic mass is 35.5. The number of benzene rings is 2. The maximum absolute atomic E-state index is 12.6. The molecule has 0 aliphatic heterocycles. The lowest BCUT2D eigenvalue weighted by atomic mass is 10.2. The molecule has 0 saturated heterocycles. The molecule has 31 heavy (non-hydrogen) atoms. The molecule has 0 fully saturated rings. The van der Waals surface area contributed by atoms with Crippen molar-refractivity contribution >= 4 is 50.1 Å². The fourth-order valence-electron chi connectivity index (χ4n) is 2.74. The minimum absolute atomic E-state index is 0.231. The smallest absolute Gasteiger partial charge is 0.406 e. The van der Waals surface area contributed by atoms with Crippen molar-refractivity contribution in [2.45, 2.75) is 31.5 Å². The van der Waals surface area contributed by atoms with Gasteiger partial charge in [-0.25, -0.2) is 4.21 Å². The molecule has 0 spiro atoms. The number of rotatable bonds is 6. The minimum atomic E-state index is -4.84. The Bertz CT molecular complexity index is 1210. The molecule has 6 nitrogen and oxygen atoms in total. The standard InChI is InChI=1S/C19H16ClF3N2O4S2/c1-11(31(27)28)7-8-25-15-6-5-14(29-19(21,22)23)10-16(15)30-18(25)24-17(26)12-3-2-4-13(20)9-12/h2-6,9-11H,7-8H2,1H3,(H,27,28). The third kappa shape index (κ3) is 6.16. The second-order valence-corrected chi connectivity index (χ2v) is 9.32. The summed E-state index contributed by atoms with van der Waals surface area (Å²) in [6.07, 6.45) is -4.55. The number of carbonyl (C=O) groups is 1. The van der Waals surface area contributed by atoms with E-state index < -0.39 is 34.3 Å². The van der Waals surface area contributed by atoms with Crippen molar-refractivity contribution in [3.8, 4) is 5.75 Å². The highest BCUT2D eigenvalue weighted by Gasteiger charge is 2.31. The van der Waals surface area contributed by atoms with E-state index in [-0.39, 0.29) is 23.3 Å². The van der Waals surface area contributed by atoms with Crippen LogP contribution >= 0.6 is 22.9 Å². The number of nitrogens with zero attached hydrogens (tertiary/aromatic N) is 2. The van der Waals surface area contributed by atoms with Gasteiger partial charge in [0.25, 0.3) is 5.91 Å². The maximum atomic E-state index is 12.6. The van der Waals surface area contributed by atoms with Crippen molar-refractivity contribution in [1.29, 1.82) is 0 Å². The van der Waals surface area contributed by atoms with Gasteiger partial charge in [-0.1, -0.05) is 29.0 Å². The van der Waals surface area contributed by atoms with Gasteiger partial charge in [0.15, 0.2) is 15.9 Å². The van der Waals surface area contributed by atoms with Crippen LogP contribution in [-0.2, 0) is 17.6 Å². The first-order valence-corrected chi connectivity index (χ1v) is 11.2. The first-order chi connectivity index (χ1) is 14.5. The molecule has 2 aromatic carbocycles. The lowest BCUT2D eigenvalue weighted by molar-refractivity contribution is -0.274. The topological polar surface area (TPSA) is 80.9 Å². The molecule has 3 aromatic rings. The largest absolute Gasteiger partial charge is 0.573 e. The zero-order valence-electron chi connectivity index (χ0n) is 15.9. The molecule has 3 rings (SSSR count). The summed E-state index contributed by atoms with van der Waals surface area (Å²) in [7, 11) is 0. The van der Waals surface area contributed by atoms with Crippen LogP contribution in [0, 0.1) is 0 Å². The highest BCUT2D eigenvalue weighted by molar-refractivity contribution is 7.79. The van der Waals surface area contributed by atoms with Crippen LogP contribution in [-0.4, -0.2) is 30.8 Å². The maximum Gasteiger partial charge on any atom is 0.573 e. The molecule has 0 aliphatic carbocycles. The number of alkyl halides is 3. The summed E-state index contributed by atoms with van der Waals surface area (Å²) in [5.74, 6) is -0.973. The zero-order valence-corrected chi connectivity index (χ0v) is 18.3. The van der Waals surface area contributed by atoms with Gasteiger partial charge in [0.05, 0.1) is 15.5 Å². The van der Waals surface area contributed by atoms with Gasteiger partial charge in [-0.15, -0.1) is 13.2 Å². The average Bonchev–Trinajstić information content (AvgIpc) is 3.00. The summed E-state index contributed by atoms with van der Waals surface area (Å²) in [5, 5.41) is -0.190. The van der Waals surface area contributed by atoms with Crippen molar-refractivity contribution in [3.05, 3.63) is 57.9 Å². The molecule has 2 atom stereocenters. The van der Waals surface area contributed by atoms with Crippen molar-refractivity contribution in [3.63, 3.8) is 0 Å². The molecular formula is C19H16ClF3N2O4S2. The number of hydrogen-bond donors (Lipinski definition) is 1. The number of amides is 1. The van der Waals surface area contributed by atoms with E-state index in [0.717, 1.165) is 17.4 Å². The Morgan fingerprint density at radius 2 is 2.06 bits per heavy atom. The van der Waals surface area contributed by atoms with Gasteiger partial charge in [-0.05, 0) is 49.7 Å². The van der Waals surface area contributed by atoms with Gasteiger partial charge < -0.3 is 13.9 Å². The summed E-state index contributed by atoms with van der Waals surface area (Å²) >= 11 is 4.89. The van der Waals surface area contributed by atoms with Crippen molar-refractivity contribution < 1.29 is 31.5 Å². The molecule has 1 aromatic heterocycles. The second-order valence-electron chi connectivity index (χ2n) is 6.52. The Balaban J connectivity index is 2.07. The summed E-state index contributed by atoms with van der Waals surface area (Å²) in [6.45, 7) is 1.82. The normalized spacial score (nSPS) is 14.6. The molecule has 1 amide bonds. The predicted octanol–water partition coefficient (Wildman–Crippen LogP) is 5.00. The molecule has 166 valence electrons. The third-order valence-corrected chi connectivity index (χ3v) is 6.46. The van der Waals surface area contributed by atoms with Gasteiger partial charge in [0, 0.05) is 17.1 Å². The van der Waals surface area contributed by atoms with Gasteiger partial charge in [-0.3, -0.25) is 4.79 Å². The van der Waals surface area contributed by atoms with Gasteiger partial charge >= 0.3 is 6.36 Å². The van der Waals surface area contributed by atoms with Gasteiger partial charge in [-0.2, -0.15) is 4.99 Å². The van der Waals surface area contributed by atoms with Crippen LogP contribution in [0.5, 0.6) is 5.75 Å². The Hall–Kier alpha value is -2.21. The summed E-state index contributed by atoms with van der Waals surface area (Å²) < 4.78 is 64.2. The van der Waals surface area contributed by atoms with E-state index in [4.69, 9.17) is 11.6 Å². The van der Waals surface area contributed by atoms with E-state index in [2.05, 4.69) is 9.73 Å². The van der Waals surface area contributed by atoms with E-state index in [9.17, 15) is 26.7 Å². The SMILES string of the molecule is CC(CCn1c(=NC(=O)c2cccc(Cl)c2)sc2cc(OC(F)(F)F)ccc21)S(=O)O. The fourth-order valence-corrected chi connectivity index (χ4v) is 4.32. The van der Waals surface area contributed by atoms with E-state index in [1.807, 2.05) is 0 Å². The van der Waals surface area contributed by atoms with Crippen molar-refractivity contribution in [2.24, 2.45) is 4.99 Å². The Labute approximate surface area is 186 Å². The van der Waals surface area contributed by atoms with Crippen molar-refractivity contribution in [1.82, 2.24) is 4.57 Å². The van der Waals surface area contributed by atoms with E-state index in [1.165, 1.54) is 18.2 Å². The predicted molar refractivity (Wildman–Crippen MR) is 113 cm³/mol. The molecule has 1 heterocycles. The molecular weight excluding hydrogens is 477 g/mol. The highest BCUT2D eigenvalue weighted by Crippen LogP contribution is 2.28. The summed E-state index contributed by atoms with van der Waals surface area (Å²) in [5.41, 5.74) is 0.774. The number of halogens is 4. The second kappa shape index (κ2) is 9.51. The van der Waals surface area contributed by atoms with E-state index in [0.29, 0.717) is 15.2 Å². The van der Waals surface area contributed by atoms with Crippen LogP contribution < -0.4 is 9.54 Å². The number of fused-ring (bicyclic) bond motifs is 1. The average molecular weight is 493 g/mol. The number of thiazole rings is 1. The summed E-state index contributed by atoms with van der Waals surface area (Å²) in [4.78, 5) is 17.0. The first kappa shape index (κ1) is 23.5. The fraction of sp³-hybridized carbons (Fsp3) is 0.263. The van der Waals surface area contributed by atoms with Crippen LogP contribution in [0.1, 0.15) is 23.7 Å². The number of carbonyl (C=O) groups excluding carboxylic acids is 1. The molecule has 0 aliphatic rings. The van der Waals surface area contributed by atoms with Gasteiger partial charge in [0.1, 0.15) is 5.75 Å².